The van der Waals surface area contributed by atoms with Crippen molar-refractivity contribution >= 4 is 45.5 Å². The number of rotatable bonds is 8. The SMILES string of the molecule is CCCNc1nnc(SCC(=O)Nc2ccc(N3CCCC3)cc2)s1. The van der Waals surface area contributed by atoms with Crippen molar-refractivity contribution in [3.63, 3.8) is 0 Å². The van der Waals surface area contributed by atoms with Crippen LogP contribution >= 0.6 is 23.1 Å². The largest absolute Gasteiger partial charge is 0.372 e. The Morgan fingerprint density at radius 3 is 2.72 bits per heavy atom. The van der Waals surface area contributed by atoms with Gasteiger partial charge in [0, 0.05) is 31.0 Å². The summed E-state index contributed by atoms with van der Waals surface area (Å²) in [5.74, 6) is 0.299. The van der Waals surface area contributed by atoms with Crippen molar-refractivity contribution in [3.8, 4) is 0 Å². The zero-order chi connectivity index (χ0) is 17.5. The van der Waals surface area contributed by atoms with Gasteiger partial charge in [0.15, 0.2) is 4.34 Å². The molecule has 1 aliphatic rings. The fourth-order valence-electron chi connectivity index (χ4n) is 2.63. The van der Waals surface area contributed by atoms with Gasteiger partial charge in [-0.3, -0.25) is 4.79 Å². The molecule has 0 aliphatic carbocycles. The minimum Gasteiger partial charge on any atom is -0.372 e. The summed E-state index contributed by atoms with van der Waals surface area (Å²) in [5, 5.41) is 15.1. The van der Waals surface area contributed by atoms with Crippen molar-refractivity contribution in [1.82, 2.24) is 10.2 Å². The maximum atomic E-state index is 12.1. The van der Waals surface area contributed by atoms with Crippen LogP contribution in [-0.2, 0) is 4.79 Å². The Bertz CT molecular complexity index is 683. The van der Waals surface area contributed by atoms with Gasteiger partial charge in [-0.15, -0.1) is 10.2 Å². The Morgan fingerprint density at radius 2 is 2.00 bits per heavy atom. The molecule has 2 heterocycles. The number of aromatic nitrogens is 2. The second-order valence-electron chi connectivity index (χ2n) is 5.88. The summed E-state index contributed by atoms with van der Waals surface area (Å²) in [6, 6.07) is 8.08. The van der Waals surface area contributed by atoms with Gasteiger partial charge in [0.05, 0.1) is 5.75 Å². The minimum absolute atomic E-state index is 0.0304. The molecule has 0 spiro atoms. The summed E-state index contributed by atoms with van der Waals surface area (Å²) < 4.78 is 0.804. The van der Waals surface area contributed by atoms with E-state index in [4.69, 9.17) is 0 Å². The molecule has 1 fully saturated rings. The fourth-order valence-corrected chi connectivity index (χ4v) is 4.20. The van der Waals surface area contributed by atoms with E-state index in [0.717, 1.165) is 41.2 Å². The highest BCUT2D eigenvalue weighted by atomic mass is 32.2. The van der Waals surface area contributed by atoms with Gasteiger partial charge in [0.2, 0.25) is 11.0 Å². The van der Waals surface area contributed by atoms with Gasteiger partial charge < -0.3 is 15.5 Å². The first-order chi connectivity index (χ1) is 12.2. The second kappa shape index (κ2) is 9.05. The number of carbonyl (C=O) groups is 1. The van der Waals surface area contributed by atoms with Crippen LogP contribution in [0, 0.1) is 0 Å². The number of hydrogen-bond acceptors (Lipinski definition) is 7. The molecule has 6 nitrogen and oxygen atoms in total. The van der Waals surface area contributed by atoms with E-state index in [-0.39, 0.29) is 5.91 Å². The number of carbonyl (C=O) groups excluding carboxylic acids is 1. The minimum atomic E-state index is -0.0304. The summed E-state index contributed by atoms with van der Waals surface area (Å²) in [4.78, 5) is 14.5. The number of nitrogens with one attached hydrogen (secondary N) is 2. The third-order valence-corrected chi connectivity index (χ3v) is 5.90. The molecule has 0 saturated carbocycles. The van der Waals surface area contributed by atoms with E-state index in [2.05, 4.69) is 44.8 Å². The quantitative estimate of drug-likeness (QED) is 0.684. The summed E-state index contributed by atoms with van der Waals surface area (Å²) in [5.41, 5.74) is 2.06. The lowest BCUT2D eigenvalue weighted by molar-refractivity contribution is -0.113. The third kappa shape index (κ3) is 5.34. The molecule has 2 N–H and O–H groups in total. The summed E-state index contributed by atoms with van der Waals surface area (Å²) in [6.07, 6.45) is 3.56. The van der Waals surface area contributed by atoms with Gasteiger partial charge in [-0.25, -0.2) is 0 Å². The van der Waals surface area contributed by atoms with Gasteiger partial charge in [0.25, 0.3) is 0 Å². The van der Waals surface area contributed by atoms with Crippen LogP contribution in [0.5, 0.6) is 0 Å². The Labute approximate surface area is 156 Å². The van der Waals surface area contributed by atoms with Gasteiger partial charge in [-0.05, 0) is 43.5 Å². The average Bonchev–Trinajstić information content (AvgIpc) is 3.31. The molecule has 0 unspecified atom stereocenters. The van der Waals surface area contributed by atoms with Crippen molar-refractivity contribution in [2.24, 2.45) is 0 Å². The highest BCUT2D eigenvalue weighted by Crippen LogP contribution is 2.26. The first-order valence-corrected chi connectivity index (χ1v) is 10.4. The molecular weight excluding hydrogens is 354 g/mol. The number of benzene rings is 1. The molecule has 1 amide bonds. The maximum absolute atomic E-state index is 12.1. The predicted molar refractivity (Wildman–Crippen MR) is 106 cm³/mol. The van der Waals surface area contributed by atoms with Crippen LogP contribution in [0.2, 0.25) is 0 Å². The van der Waals surface area contributed by atoms with Crippen molar-refractivity contribution < 1.29 is 4.79 Å². The fraction of sp³-hybridized carbons (Fsp3) is 0.471. The van der Waals surface area contributed by atoms with Crippen LogP contribution in [-0.4, -0.2) is 41.5 Å². The van der Waals surface area contributed by atoms with Gasteiger partial charge in [-0.2, -0.15) is 0 Å². The van der Waals surface area contributed by atoms with Crippen molar-refractivity contribution in [3.05, 3.63) is 24.3 Å². The molecule has 25 heavy (non-hydrogen) atoms. The Hall–Kier alpha value is -1.80. The van der Waals surface area contributed by atoms with Crippen molar-refractivity contribution in [1.29, 1.82) is 0 Å². The summed E-state index contributed by atoms with van der Waals surface area (Å²) in [7, 11) is 0. The smallest absolute Gasteiger partial charge is 0.234 e. The van der Waals surface area contributed by atoms with Gasteiger partial charge in [0.1, 0.15) is 0 Å². The third-order valence-electron chi connectivity index (χ3n) is 3.88. The molecule has 0 atom stereocenters. The molecule has 3 rings (SSSR count). The molecule has 2 aromatic rings. The van der Waals surface area contributed by atoms with Crippen LogP contribution < -0.4 is 15.5 Å². The van der Waals surface area contributed by atoms with Crippen LogP contribution in [0.4, 0.5) is 16.5 Å². The van der Waals surface area contributed by atoms with E-state index in [1.807, 2.05) is 12.1 Å². The summed E-state index contributed by atoms with van der Waals surface area (Å²) in [6.45, 7) is 5.23. The average molecular weight is 378 g/mol. The second-order valence-corrected chi connectivity index (χ2v) is 8.08. The normalized spacial score (nSPS) is 13.9. The monoisotopic (exact) mass is 377 g/mol. The van der Waals surface area contributed by atoms with Crippen LogP contribution in [0.15, 0.2) is 28.6 Å². The highest BCUT2D eigenvalue weighted by Gasteiger charge is 2.12. The van der Waals surface area contributed by atoms with E-state index in [1.165, 1.54) is 41.6 Å². The molecule has 8 heteroatoms. The Balaban J connectivity index is 1.45. The lowest BCUT2D eigenvalue weighted by Gasteiger charge is -2.17. The lowest BCUT2D eigenvalue weighted by Crippen LogP contribution is -2.18. The molecule has 134 valence electrons. The van der Waals surface area contributed by atoms with Gasteiger partial charge >= 0.3 is 0 Å². The Morgan fingerprint density at radius 1 is 1.24 bits per heavy atom. The zero-order valence-corrected chi connectivity index (χ0v) is 16.0. The van der Waals surface area contributed by atoms with Crippen molar-refractivity contribution in [2.45, 2.75) is 30.5 Å². The predicted octanol–water partition coefficient (Wildman–Crippen LogP) is 3.69. The Kier molecular flexibility index (Phi) is 6.52. The molecule has 0 bridgehead atoms. The van der Waals surface area contributed by atoms with E-state index >= 15 is 0 Å². The van der Waals surface area contributed by atoms with Crippen LogP contribution in [0.25, 0.3) is 0 Å². The molecular formula is C17H23N5OS2. The molecule has 0 radical (unpaired) electrons. The van der Waals surface area contributed by atoms with Crippen molar-refractivity contribution in [2.75, 3.05) is 40.9 Å². The van der Waals surface area contributed by atoms with E-state index in [9.17, 15) is 4.79 Å². The molecule has 1 aromatic carbocycles. The number of hydrogen-bond donors (Lipinski definition) is 2. The first kappa shape index (κ1) is 18.0. The van der Waals surface area contributed by atoms with Gasteiger partial charge in [-0.1, -0.05) is 30.0 Å². The molecule has 1 saturated heterocycles. The molecule has 1 aromatic heterocycles. The van der Waals surface area contributed by atoms with Crippen LogP contribution in [0.3, 0.4) is 0 Å². The number of nitrogens with zero attached hydrogens (tertiary/aromatic N) is 3. The highest BCUT2D eigenvalue weighted by molar-refractivity contribution is 8.01. The van der Waals surface area contributed by atoms with E-state index < -0.39 is 0 Å². The zero-order valence-electron chi connectivity index (χ0n) is 14.3. The topological polar surface area (TPSA) is 70.1 Å². The van der Waals surface area contributed by atoms with E-state index in [1.54, 1.807) is 0 Å². The first-order valence-electron chi connectivity index (χ1n) is 8.59. The van der Waals surface area contributed by atoms with E-state index in [0.29, 0.717) is 5.75 Å². The number of anilines is 3. The standard InChI is InChI=1S/C17H23N5OS2/c1-2-9-18-16-20-21-17(25-16)24-12-15(23)19-13-5-7-14(8-6-13)22-10-3-4-11-22/h5-8H,2-4,9-12H2,1H3,(H,18,20)(H,19,23). The maximum Gasteiger partial charge on any atom is 0.234 e. The van der Waals surface area contributed by atoms with Crippen LogP contribution in [0.1, 0.15) is 26.2 Å². The number of amides is 1. The summed E-state index contributed by atoms with van der Waals surface area (Å²) >= 11 is 2.89. The lowest BCUT2D eigenvalue weighted by atomic mass is 10.2. The number of thioether (sulfide) groups is 1. The molecule has 1 aliphatic heterocycles.